The lowest BCUT2D eigenvalue weighted by molar-refractivity contribution is -0.139. The van der Waals surface area contributed by atoms with Crippen molar-refractivity contribution < 1.29 is 31.2 Å². The molecule has 3 rings (SSSR count). The van der Waals surface area contributed by atoms with E-state index in [0.717, 1.165) is 28.8 Å². The number of carbonyl (C=O) groups is 2. The van der Waals surface area contributed by atoms with E-state index in [0.29, 0.717) is 16.9 Å². The minimum atomic E-state index is -4.87. The Hall–Kier alpha value is -3.57. The molecule has 0 fully saturated rings. The topological polar surface area (TPSA) is 86.8 Å². The summed E-state index contributed by atoms with van der Waals surface area (Å²) in [7, 11) is -4.54. The Labute approximate surface area is 243 Å². The SMILES string of the molecule is CCNC(=O)[C@@H](C)N(Cc1ccccc1C)C(=O)CN(c1ccc(Cl)c(C(F)(F)F)c1)S(=O)(=O)c1ccc(C)cc1. The maximum atomic E-state index is 13.9. The summed E-state index contributed by atoms with van der Waals surface area (Å²) in [6.07, 6.45) is -4.87. The molecule has 7 nitrogen and oxygen atoms in total. The second kappa shape index (κ2) is 12.9. The maximum absolute atomic E-state index is 13.9. The van der Waals surface area contributed by atoms with Crippen LogP contribution >= 0.6 is 11.6 Å². The molecule has 3 aromatic carbocycles. The number of benzene rings is 3. The van der Waals surface area contributed by atoms with E-state index < -0.39 is 56.9 Å². The number of nitrogens with one attached hydrogen (secondary N) is 1. The highest BCUT2D eigenvalue weighted by Gasteiger charge is 2.37. The number of alkyl halides is 3. The van der Waals surface area contributed by atoms with Crippen LogP contribution in [0, 0.1) is 13.8 Å². The van der Waals surface area contributed by atoms with Crippen LogP contribution in [0.2, 0.25) is 5.02 Å². The van der Waals surface area contributed by atoms with E-state index >= 15 is 0 Å². The predicted octanol–water partition coefficient (Wildman–Crippen LogP) is 5.72. The number of halogens is 4. The molecule has 0 aliphatic heterocycles. The van der Waals surface area contributed by atoms with Crippen molar-refractivity contribution in [3.8, 4) is 0 Å². The fourth-order valence-corrected chi connectivity index (χ4v) is 5.76. The predicted molar refractivity (Wildman–Crippen MR) is 152 cm³/mol. The van der Waals surface area contributed by atoms with Crippen LogP contribution in [0.3, 0.4) is 0 Å². The number of likely N-dealkylation sites (N-methyl/N-ethyl adjacent to an activating group) is 1. The van der Waals surface area contributed by atoms with Crippen LogP contribution in [0.15, 0.2) is 71.6 Å². The third-order valence-corrected chi connectivity index (χ3v) is 8.67. The summed E-state index contributed by atoms with van der Waals surface area (Å²) in [5, 5.41) is 2.03. The fraction of sp³-hybridized carbons (Fsp3) is 0.310. The van der Waals surface area contributed by atoms with Crippen molar-refractivity contribution in [2.75, 3.05) is 17.4 Å². The summed E-state index contributed by atoms with van der Waals surface area (Å²) in [5.74, 6) is -1.25. The molecule has 0 saturated heterocycles. The Kier molecular flexibility index (Phi) is 10.1. The summed E-state index contributed by atoms with van der Waals surface area (Å²) in [5.41, 5.74) is 0.663. The zero-order chi connectivity index (χ0) is 30.5. The van der Waals surface area contributed by atoms with Gasteiger partial charge < -0.3 is 10.2 Å². The van der Waals surface area contributed by atoms with Gasteiger partial charge in [0.1, 0.15) is 12.6 Å². The van der Waals surface area contributed by atoms with Gasteiger partial charge in [0.05, 0.1) is 21.2 Å². The van der Waals surface area contributed by atoms with E-state index in [1.54, 1.807) is 26.0 Å². The average Bonchev–Trinajstić information content (AvgIpc) is 2.91. The summed E-state index contributed by atoms with van der Waals surface area (Å²) >= 11 is 5.79. The van der Waals surface area contributed by atoms with Gasteiger partial charge in [-0.3, -0.25) is 13.9 Å². The number of rotatable bonds is 10. The van der Waals surface area contributed by atoms with Crippen LogP contribution < -0.4 is 9.62 Å². The molecular weight excluding hydrogens is 579 g/mol. The summed E-state index contributed by atoms with van der Waals surface area (Å²) in [4.78, 5) is 27.6. The Morgan fingerprint density at radius 1 is 1.00 bits per heavy atom. The van der Waals surface area contributed by atoms with E-state index in [1.165, 1.54) is 36.1 Å². The number of anilines is 1. The Morgan fingerprint density at radius 3 is 2.22 bits per heavy atom. The molecule has 0 saturated carbocycles. The first-order valence-corrected chi connectivity index (χ1v) is 14.6. The van der Waals surface area contributed by atoms with Gasteiger partial charge in [-0.1, -0.05) is 53.6 Å². The molecule has 0 bridgehead atoms. The first-order valence-electron chi connectivity index (χ1n) is 12.7. The molecule has 220 valence electrons. The third kappa shape index (κ3) is 7.59. The Balaban J connectivity index is 2.14. The molecular formula is C29H31ClF3N3O4S. The number of hydrogen-bond donors (Lipinski definition) is 1. The monoisotopic (exact) mass is 609 g/mol. The van der Waals surface area contributed by atoms with Crippen LogP contribution in [0.1, 0.15) is 36.1 Å². The maximum Gasteiger partial charge on any atom is 0.417 e. The lowest BCUT2D eigenvalue weighted by Gasteiger charge is -2.32. The van der Waals surface area contributed by atoms with Gasteiger partial charge in [0.25, 0.3) is 10.0 Å². The molecule has 1 N–H and O–H groups in total. The third-order valence-electron chi connectivity index (χ3n) is 6.55. The van der Waals surface area contributed by atoms with Crippen LogP contribution in [-0.2, 0) is 32.3 Å². The zero-order valence-electron chi connectivity index (χ0n) is 23.0. The van der Waals surface area contributed by atoms with Crippen LogP contribution in [0.25, 0.3) is 0 Å². The minimum absolute atomic E-state index is 0.0311. The lowest BCUT2D eigenvalue weighted by atomic mass is 10.1. The average molecular weight is 610 g/mol. The van der Waals surface area contributed by atoms with Gasteiger partial charge in [-0.05, 0) is 69.2 Å². The molecule has 0 aromatic heterocycles. The van der Waals surface area contributed by atoms with Gasteiger partial charge in [0.2, 0.25) is 11.8 Å². The highest BCUT2D eigenvalue weighted by atomic mass is 35.5. The molecule has 0 aliphatic carbocycles. The second-order valence-corrected chi connectivity index (χ2v) is 11.8. The van der Waals surface area contributed by atoms with Gasteiger partial charge >= 0.3 is 6.18 Å². The number of amides is 2. The zero-order valence-corrected chi connectivity index (χ0v) is 24.6. The van der Waals surface area contributed by atoms with E-state index in [-0.39, 0.29) is 11.4 Å². The lowest BCUT2D eigenvalue weighted by Crippen LogP contribution is -2.51. The van der Waals surface area contributed by atoms with Gasteiger partial charge in [-0.15, -0.1) is 0 Å². The number of aryl methyl sites for hydroxylation is 2. The Bertz CT molecular complexity index is 1510. The molecule has 2 amide bonds. The Morgan fingerprint density at radius 2 is 1.63 bits per heavy atom. The van der Waals surface area contributed by atoms with Crippen LogP contribution in [0.5, 0.6) is 0 Å². The van der Waals surface area contributed by atoms with Crippen LogP contribution in [0.4, 0.5) is 18.9 Å². The molecule has 0 spiro atoms. The van der Waals surface area contributed by atoms with Gasteiger partial charge in [0, 0.05) is 13.1 Å². The van der Waals surface area contributed by atoms with Crippen molar-refractivity contribution >= 4 is 39.1 Å². The van der Waals surface area contributed by atoms with Gasteiger partial charge in [0.15, 0.2) is 0 Å². The molecule has 0 radical (unpaired) electrons. The number of sulfonamides is 1. The smallest absolute Gasteiger partial charge is 0.355 e. The highest BCUT2D eigenvalue weighted by Crippen LogP contribution is 2.38. The van der Waals surface area contributed by atoms with Crippen molar-refractivity contribution in [1.29, 1.82) is 0 Å². The fourth-order valence-electron chi connectivity index (χ4n) is 4.13. The van der Waals surface area contributed by atoms with Crippen molar-refractivity contribution in [2.24, 2.45) is 0 Å². The van der Waals surface area contributed by atoms with E-state index in [9.17, 15) is 31.2 Å². The van der Waals surface area contributed by atoms with Gasteiger partial charge in [-0.25, -0.2) is 8.42 Å². The quantitative estimate of drug-likeness (QED) is 0.318. The number of hydrogen-bond acceptors (Lipinski definition) is 4. The summed E-state index contributed by atoms with van der Waals surface area (Å²) in [6.45, 7) is 6.20. The van der Waals surface area contributed by atoms with Crippen LogP contribution in [-0.4, -0.2) is 44.3 Å². The molecule has 0 aliphatic rings. The normalized spacial score (nSPS) is 12.5. The van der Waals surface area contributed by atoms with Crippen molar-refractivity contribution in [2.45, 2.75) is 51.4 Å². The first-order chi connectivity index (χ1) is 19.2. The minimum Gasteiger partial charge on any atom is -0.355 e. The van der Waals surface area contributed by atoms with E-state index in [1.807, 2.05) is 19.1 Å². The highest BCUT2D eigenvalue weighted by molar-refractivity contribution is 7.92. The number of carbonyl (C=O) groups excluding carboxylic acids is 2. The van der Waals surface area contributed by atoms with Crippen molar-refractivity contribution in [3.63, 3.8) is 0 Å². The summed E-state index contributed by atoms with van der Waals surface area (Å²) in [6, 6.07) is 14.5. The molecule has 1 atom stereocenters. The largest absolute Gasteiger partial charge is 0.417 e. The summed E-state index contributed by atoms with van der Waals surface area (Å²) < 4.78 is 69.4. The standard InChI is InChI=1S/C29H31ClF3N3O4S/c1-5-34-28(38)21(4)35(17-22-9-7-6-8-20(22)3)27(37)18-36(41(39,40)24-13-10-19(2)11-14-24)23-12-15-26(30)25(16-23)29(31,32)33/h6-16,21H,5,17-18H2,1-4H3,(H,34,38)/t21-/m1/s1. The van der Waals surface area contributed by atoms with Gasteiger partial charge in [-0.2, -0.15) is 13.2 Å². The first kappa shape index (κ1) is 32.0. The second-order valence-electron chi connectivity index (χ2n) is 9.51. The number of nitrogens with zero attached hydrogens (tertiary/aromatic N) is 2. The molecule has 3 aromatic rings. The molecule has 41 heavy (non-hydrogen) atoms. The van der Waals surface area contributed by atoms with E-state index in [4.69, 9.17) is 11.6 Å². The molecule has 0 heterocycles. The molecule has 0 unspecified atom stereocenters. The van der Waals surface area contributed by atoms with Crippen molar-refractivity contribution in [3.05, 3.63) is 94.0 Å². The van der Waals surface area contributed by atoms with E-state index in [2.05, 4.69) is 5.32 Å². The molecule has 12 heteroatoms. The van der Waals surface area contributed by atoms with Crippen molar-refractivity contribution in [1.82, 2.24) is 10.2 Å².